The van der Waals surface area contributed by atoms with Gasteiger partial charge in [0.05, 0.1) is 19.8 Å². The molecule has 0 aliphatic heterocycles. The van der Waals surface area contributed by atoms with Crippen LogP contribution in [0.3, 0.4) is 0 Å². The number of ether oxygens (including phenoxy) is 3. The number of benzene rings is 2. The number of phenolic OH excluding ortho intramolecular Hbond substituents is 1. The number of hydrogen-bond acceptors (Lipinski definition) is 7. The van der Waals surface area contributed by atoms with Crippen molar-refractivity contribution >= 4 is 16.8 Å². The average Bonchev–Trinajstić information content (AvgIpc) is 3.29. The van der Waals surface area contributed by atoms with Gasteiger partial charge in [-0.25, -0.2) is 0 Å². The van der Waals surface area contributed by atoms with Crippen LogP contribution in [0.5, 0.6) is 23.0 Å². The van der Waals surface area contributed by atoms with Crippen molar-refractivity contribution < 1.29 is 28.5 Å². The average molecular weight is 453 g/mol. The van der Waals surface area contributed by atoms with Gasteiger partial charge in [0.1, 0.15) is 34.0 Å². The highest BCUT2D eigenvalue weighted by atomic mass is 16.5. The molecule has 1 heterocycles. The van der Waals surface area contributed by atoms with Crippen molar-refractivity contribution in [3.05, 3.63) is 46.6 Å². The number of fused-ring (bicyclic) bond motifs is 1. The van der Waals surface area contributed by atoms with E-state index in [1.165, 1.54) is 19.1 Å². The molecule has 3 aromatic rings. The lowest BCUT2D eigenvalue weighted by Crippen LogP contribution is -2.11. The van der Waals surface area contributed by atoms with Gasteiger partial charge in [-0.1, -0.05) is 0 Å². The molecule has 0 saturated heterocycles. The van der Waals surface area contributed by atoms with Crippen LogP contribution in [0.2, 0.25) is 0 Å². The van der Waals surface area contributed by atoms with Crippen LogP contribution in [0, 0.1) is 0 Å². The molecule has 0 atom stereocenters. The van der Waals surface area contributed by atoms with Crippen molar-refractivity contribution in [3.63, 3.8) is 0 Å². The Morgan fingerprint density at radius 3 is 2.64 bits per heavy atom. The maximum atomic E-state index is 12.8. The quantitative estimate of drug-likeness (QED) is 0.443. The number of carbonyl (C=O) groups is 1. The second kappa shape index (κ2) is 9.98. The minimum atomic E-state index is -0.360. The van der Waals surface area contributed by atoms with Crippen LogP contribution in [-0.4, -0.2) is 30.7 Å². The standard InChI is InChI=1S/C26H28O7/c1-16(27)6-5-11-31-19-13-20(28)26-21(29)15-23(33-25(26)14-19)17-9-10-22(30-2)24(12-17)32-18-7-3-4-8-18/h9-10,12-15,18,28H,3-8,11H2,1-2H3. The van der Waals surface area contributed by atoms with E-state index >= 15 is 0 Å². The second-order valence-corrected chi connectivity index (χ2v) is 8.33. The van der Waals surface area contributed by atoms with Gasteiger partial charge in [-0.2, -0.15) is 0 Å². The minimum absolute atomic E-state index is 0.0887. The third-order valence-electron chi connectivity index (χ3n) is 5.77. The van der Waals surface area contributed by atoms with Gasteiger partial charge in [-0.3, -0.25) is 4.79 Å². The Balaban J connectivity index is 1.66. The Bertz CT molecular complexity index is 1210. The summed E-state index contributed by atoms with van der Waals surface area (Å²) in [5.41, 5.74) is 0.518. The van der Waals surface area contributed by atoms with E-state index in [-0.39, 0.29) is 34.0 Å². The second-order valence-electron chi connectivity index (χ2n) is 8.33. The molecule has 1 aliphatic carbocycles. The van der Waals surface area contributed by atoms with Crippen LogP contribution in [-0.2, 0) is 4.79 Å². The molecule has 7 nitrogen and oxygen atoms in total. The van der Waals surface area contributed by atoms with E-state index in [9.17, 15) is 14.7 Å². The third-order valence-corrected chi connectivity index (χ3v) is 5.77. The van der Waals surface area contributed by atoms with Crippen molar-refractivity contribution in [1.82, 2.24) is 0 Å². The van der Waals surface area contributed by atoms with Crippen molar-refractivity contribution in [3.8, 4) is 34.3 Å². The van der Waals surface area contributed by atoms with Crippen LogP contribution < -0.4 is 19.6 Å². The molecular formula is C26H28O7. The Morgan fingerprint density at radius 1 is 1.12 bits per heavy atom. The first kappa shape index (κ1) is 22.7. The summed E-state index contributed by atoms with van der Waals surface area (Å²) < 4.78 is 23.3. The van der Waals surface area contributed by atoms with Crippen LogP contribution in [0.25, 0.3) is 22.3 Å². The molecule has 0 amide bonds. The Morgan fingerprint density at radius 2 is 1.91 bits per heavy atom. The van der Waals surface area contributed by atoms with Gasteiger partial charge in [-0.15, -0.1) is 0 Å². The molecule has 174 valence electrons. The van der Waals surface area contributed by atoms with Gasteiger partial charge in [-0.05, 0) is 57.2 Å². The van der Waals surface area contributed by atoms with Gasteiger partial charge in [0.25, 0.3) is 0 Å². The molecule has 2 aromatic carbocycles. The number of rotatable bonds is 9. The van der Waals surface area contributed by atoms with E-state index in [1.54, 1.807) is 25.3 Å². The van der Waals surface area contributed by atoms with Crippen LogP contribution in [0.4, 0.5) is 0 Å². The monoisotopic (exact) mass is 452 g/mol. The normalized spacial score (nSPS) is 13.9. The summed E-state index contributed by atoms with van der Waals surface area (Å²) in [6.45, 7) is 1.84. The fourth-order valence-corrected chi connectivity index (χ4v) is 4.09. The highest BCUT2D eigenvalue weighted by molar-refractivity contribution is 5.86. The van der Waals surface area contributed by atoms with E-state index in [4.69, 9.17) is 18.6 Å². The summed E-state index contributed by atoms with van der Waals surface area (Å²) in [5.74, 6) is 1.81. The number of carbonyl (C=O) groups excluding carboxylic acids is 1. The first-order chi connectivity index (χ1) is 15.9. The molecule has 0 bridgehead atoms. The Labute approximate surface area is 191 Å². The van der Waals surface area contributed by atoms with E-state index in [0.29, 0.717) is 48.0 Å². The smallest absolute Gasteiger partial charge is 0.197 e. The molecule has 1 N–H and O–H groups in total. The third kappa shape index (κ3) is 5.30. The summed E-state index contributed by atoms with van der Waals surface area (Å²) in [7, 11) is 1.59. The van der Waals surface area contributed by atoms with Gasteiger partial charge in [0.15, 0.2) is 16.9 Å². The summed E-state index contributed by atoms with van der Waals surface area (Å²) in [4.78, 5) is 23.9. The van der Waals surface area contributed by atoms with Gasteiger partial charge < -0.3 is 28.5 Å². The topological polar surface area (TPSA) is 95.2 Å². The Hall–Kier alpha value is -3.48. The fourth-order valence-electron chi connectivity index (χ4n) is 4.09. The molecule has 1 aliphatic rings. The summed E-state index contributed by atoms with van der Waals surface area (Å²) in [6, 6.07) is 9.71. The minimum Gasteiger partial charge on any atom is -0.507 e. The molecule has 33 heavy (non-hydrogen) atoms. The first-order valence-corrected chi connectivity index (χ1v) is 11.2. The summed E-state index contributed by atoms with van der Waals surface area (Å²) >= 11 is 0. The number of ketones is 1. The number of hydrogen-bond donors (Lipinski definition) is 1. The van der Waals surface area contributed by atoms with E-state index in [1.807, 2.05) is 6.07 Å². The molecule has 1 fully saturated rings. The zero-order valence-corrected chi connectivity index (χ0v) is 18.9. The number of phenols is 1. The lowest BCUT2D eigenvalue weighted by atomic mass is 10.1. The van der Waals surface area contributed by atoms with Crippen LogP contribution in [0.15, 0.2) is 45.6 Å². The zero-order chi connectivity index (χ0) is 23.4. The molecule has 4 rings (SSSR count). The number of methoxy groups -OCH3 is 1. The SMILES string of the molecule is COc1ccc(-c2cc(=O)c3c(O)cc(OCCCC(C)=O)cc3o2)cc1OC1CCCC1. The molecule has 1 aromatic heterocycles. The fraction of sp³-hybridized carbons (Fsp3) is 0.385. The predicted molar refractivity (Wildman–Crippen MR) is 124 cm³/mol. The molecule has 7 heteroatoms. The Kier molecular flexibility index (Phi) is 6.87. The number of Topliss-reactive ketones (excluding diaryl/α,β-unsaturated/α-hetero) is 1. The van der Waals surface area contributed by atoms with Gasteiger partial charge >= 0.3 is 0 Å². The predicted octanol–water partition coefficient (Wildman–Crippen LogP) is 5.24. The lowest BCUT2D eigenvalue weighted by molar-refractivity contribution is -0.117. The molecule has 0 spiro atoms. The van der Waals surface area contributed by atoms with Crippen molar-refractivity contribution in [1.29, 1.82) is 0 Å². The van der Waals surface area contributed by atoms with Crippen molar-refractivity contribution in [2.75, 3.05) is 13.7 Å². The molecule has 0 radical (unpaired) electrons. The van der Waals surface area contributed by atoms with Crippen LogP contribution in [0.1, 0.15) is 45.4 Å². The van der Waals surface area contributed by atoms with Crippen LogP contribution >= 0.6 is 0 Å². The lowest BCUT2D eigenvalue weighted by Gasteiger charge is -2.17. The highest BCUT2D eigenvalue weighted by Gasteiger charge is 2.20. The number of aromatic hydroxyl groups is 1. The molecule has 1 saturated carbocycles. The zero-order valence-electron chi connectivity index (χ0n) is 18.9. The van der Waals surface area contributed by atoms with Crippen molar-refractivity contribution in [2.45, 2.75) is 51.6 Å². The first-order valence-electron chi connectivity index (χ1n) is 11.2. The van der Waals surface area contributed by atoms with Crippen molar-refractivity contribution in [2.24, 2.45) is 0 Å². The largest absolute Gasteiger partial charge is 0.507 e. The summed E-state index contributed by atoms with van der Waals surface area (Å²) in [6.07, 6.45) is 5.44. The van der Waals surface area contributed by atoms with Gasteiger partial charge in [0.2, 0.25) is 0 Å². The maximum absolute atomic E-state index is 12.8. The van der Waals surface area contributed by atoms with E-state index < -0.39 is 0 Å². The van der Waals surface area contributed by atoms with E-state index in [0.717, 1.165) is 25.7 Å². The molecular weight excluding hydrogens is 424 g/mol. The van der Waals surface area contributed by atoms with Gasteiger partial charge in [0, 0.05) is 30.2 Å². The molecule has 0 unspecified atom stereocenters. The highest BCUT2D eigenvalue weighted by Crippen LogP contribution is 2.37. The maximum Gasteiger partial charge on any atom is 0.197 e. The summed E-state index contributed by atoms with van der Waals surface area (Å²) in [5, 5.41) is 10.5. The van der Waals surface area contributed by atoms with E-state index in [2.05, 4.69) is 0 Å².